The van der Waals surface area contributed by atoms with Crippen LogP contribution in [0, 0.1) is 0 Å². The van der Waals surface area contributed by atoms with Gasteiger partial charge in [-0.05, 0) is 24.6 Å². The zero-order chi connectivity index (χ0) is 11.9. The minimum atomic E-state index is -4.35. The molecule has 2 atom stereocenters. The molecular formula is C10H10BrF3N2. The number of hydrogen-bond donors (Lipinski definition) is 2. The Labute approximate surface area is 99.1 Å². The van der Waals surface area contributed by atoms with Gasteiger partial charge in [-0.3, -0.25) is 0 Å². The summed E-state index contributed by atoms with van der Waals surface area (Å²) in [4.78, 5) is 0. The molecular weight excluding hydrogens is 285 g/mol. The molecule has 0 aromatic heterocycles. The number of hydrogen-bond acceptors (Lipinski definition) is 2. The lowest BCUT2D eigenvalue weighted by atomic mass is 10.1. The fourth-order valence-electron chi connectivity index (χ4n) is 1.46. The maximum absolute atomic E-state index is 12.7. The normalized spacial score (nSPS) is 24.3. The topological polar surface area (TPSA) is 38.0 Å². The molecule has 0 saturated heterocycles. The lowest BCUT2D eigenvalue weighted by Crippen LogP contribution is -2.16. The maximum Gasteiger partial charge on any atom is 0.418 e. The van der Waals surface area contributed by atoms with E-state index in [1.165, 1.54) is 12.1 Å². The van der Waals surface area contributed by atoms with E-state index in [1.807, 2.05) is 0 Å². The van der Waals surface area contributed by atoms with Crippen molar-refractivity contribution >= 4 is 21.6 Å². The van der Waals surface area contributed by atoms with Crippen molar-refractivity contribution in [1.29, 1.82) is 0 Å². The number of nitrogens with two attached hydrogens (primary N) is 1. The Bertz CT molecular complexity index is 406. The summed E-state index contributed by atoms with van der Waals surface area (Å²) >= 11 is 3.15. The van der Waals surface area contributed by atoms with Gasteiger partial charge in [0.1, 0.15) is 0 Å². The number of alkyl halides is 3. The molecule has 1 saturated carbocycles. The third-order valence-electron chi connectivity index (χ3n) is 2.47. The molecule has 0 amide bonds. The standard InChI is InChI=1S/C10H10BrF3N2/c11-5-1-2-6(10(12,13)14)8(3-5)16-9-4-7(9)15/h1-3,7,9,16H,4,15H2. The summed E-state index contributed by atoms with van der Waals surface area (Å²) in [6.07, 6.45) is -3.63. The molecule has 0 bridgehead atoms. The van der Waals surface area contributed by atoms with Gasteiger partial charge in [0.15, 0.2) is 0 Å². The summed E-state index contributed by atoms with van der Waals surface area (Å²) in [6, 6.07) is 3.77. The van der Waals surface area contributed by atoms with Crippen molar-refractivity contribution in [2.75, 3.05) is 5.32 Å². The Balaban J connectivity index is 2.29. The smallest absolute Gasteiger partial charge is 0.380 e. The minimum absolute atomic E-state index is 0.0416. The highest BCUT2D eigenvalue weighted by molar-refractivity contribution is 9.10. The average Bonchev–Trinajstić information content (AvgIpc) is 2.79. The summed E-state index contributed by atoms with van der Waals surface area (Å²) < 4.78 is 38.6. The van der Waals surface area contributed by atoms with Crippen LogP contribution in [-0.2, 0) is 6.18 Å². The Morgan fingerprint density at radius 3 is 2.50 bits per heavy atom. The lowest BCUT2D eigenvalue weighted by molar-refractivity contribution is -0.137. The minimum Gasteiger partial charge on any atom is -0.380 e. The van der Waals surface area contributed by atoms with Crippen molar-refractivity contribution in [2.24, 2.45) is 5.73 Å². The van der Waals surface area contributed by atoms with Gasteiger partial charge in [-0.1, -0.05) is 15.9 Å². The van der Waals surface area contributed by atoms with E-state index in [0.717, 1.165) is 6.07 Å². The van der Waals surface area contributed by atoms with Crippen LogP contribution in [0.3, 0.4) is 0 Å². The first kappa shape index (κ1) is 11.7. The largest absolute Gasteiger partial charge is 0.418 e. The lowest BCUT2D eigenvalue weighted by Gasteiger charge is -2.14. The molecule has 0 radical (unpaired) electrons. The van der Waals surface area contributed by atoms with Crippen LogP contribution in [-0.4, -0.2) is 12.1 Å². The summed E-state index contributed by atoms with van der Waals surface area (Å²) in [6.45, 7) is 0. The molecule has 1 aromatic carbocycles. The summed E-state index contributed by atoms with van der Waals surface area (Å²) in [5.41, 5.74) is 4.98. The molecule has 0 aliphatic heterocycles. The molecule has 0 spiro atoms. The molecule has 1 aliphatic carbocycles. The zero-order valence-electron chi connectivity index (χ0n) is 8.18. The van der Waals surface area contributed by atoms with Crippen molar-refractivity contribution in [3.8, 4) is 0 Å². The maximum atomic E-state index is 12.7. The van der Waals surface area contributed by atoms with Gasteiger partial charge in [-0.25, -0.2) is 0 Å². The van der Waals surface area contributed by atoms with Crippen molar-refractivity contribution < 1.29 is 13.2 Å². The summed E-state index contributed by atoms with van der Waals surface area (Å²) in [5, 5.41) is 2.81. The molecule has 2 rings (SSSR count). The van der Waals surface area contributed by atoms with Gasteiger partial charge in [-0.15, -0.1) is 0 Å². The zero-order valence-corrected chi connectivity index (χ0v) is 9.77. The Hall–Kier alpha value is -0.750. The number of benzene rings is 1. The van der Waals surface area contributed by atoms with Crippen LogP contribution in [0.5, 0.6) is 0 Å². The highest BCUT2D eigenvalue weighted by Crippen LogP contribution is 2.38. The van der Waals surface area contributed by atoms with Crippen molar-refractivity contribution in [3.05, 3.63) is 28.2 Å². The first-order valence-corrected chi connectivity index (χ1v) is 5.56. The van der Waals surface area contributed by atoms with E-state index in [9.17, 15) is 13.2 Å². The van der Waals surface area contributed by atoms with Gasteiger partial charge in [0, 0.05) is 22.2 Å². The number of rotatable bonds is 2. The van der Waals surface area contributed by atoms with Crippen LogP contribution in [0.15, 0.2) is 22.7 Å². The van der Waals surface area contributed by atoms with Gasteiger partial charge < -0.3 is 11.1 Å². The SMILES string of the molecule is NC1CC1Nc1cc(Br)ccc1C(F)(F)F. The van der Waals surface area contributed by atoms with Gasteiger partial charge in [0.2, 0.25) is 0 Å². The second-order valence-electron chi connectivity index (χ2n) is 3.84. The third kappa shape index (κ3) is 2.49. The van der Waals surface area contributed by atoms with E-state index >= 15 is 0 Å². The monoisotopic (exact) mass is 294 g/mol. The molecule has 16 heavy (non-hydrogen) atoms. The fourth-order valence-corrected chi connectivity index (χ4v) is 1.82. The van der Waals surface area contributed by atoms with Gasteiger partial charge in [-0.2, -0.15) is 13.2 Å². The molecule has 6 heteroatoms. The summed E-state index contributed by atoms with van der Waals surface area (Å²) in [5.74, 6) is 0. The van der Waals surface area contributed by atoms with Crippen molar-refractivity contribution in [3.63, 3.8) is 0 Å². The molecule has 2 nitrogen and oxygen atoms in total. The molecule has 2 unspecified atom stereocenters. The Morgan fingerprint density at radius 1 is 1.38 bits per heavy atom. The highest BCUT2D eigenvalue weighted by atomic mass is 79.9. The van der Waals surface area contributed by atoms with Crippen molar-refractivity contribution in [1.82, 2.24) is 0 Å². The Kier molecular flexibility index (Phi) is 2.88. The van der Waals surface area contributed by atoms with E-state index in [1.54, 1.807) is 0 Å². The molecule has 88 valence electrons. The van der Waals surface area contributed by atoms with Crippen LogP contribution < -0.4 is 11.1 Å². The molecule has 1 aromatic rings. The van der Waals surface area contributed by atoms with E-state index in [4.69, 9.17) is 5.73 Å². The predicted molar refractivity (Wildman–Crippen MR) is 59.1 cm³/mol. The third-order valence-corrected chi connectivity index (χ3v) is 2.96. The van der Waals surface area contributed by atoms with Crippen LogP contribution in [0.1, 0.15) is 12.0 Å². The molecule has 3 N–H and O–H groups in total. The number of nitrogens with one attached hydrogen (secondary N) is 1. The van der Waals surface area contributed by atoms with E-state index in [-0.39, 0.29) is 17.8 Å². The molecule has 1 fully saturated rings. The second-order valence-corrected chi connectivity index (χ2v) is 4.75. The Morgan fingerprint density at radius 2 is 2.00 bits per heavy atom. The van der Waals surface area contributed by atoms with Gasteiger partial charge in [0.25, 0.3) is 0 Å². The quantitative estimate of drug-likeness (QED) is 0.880. The van der Waals surface area contributed by atoms with Crippen LogP contribution in [0.25, 0.3) is 0 Å². The second kappa shape index (κ2) is 3.92. The average molecular weight is 295 g/mol. The van der Waals surface area contributed by atoms with Crippen LogP contribution in [0.2, 0.25) is 0 Å². The van der Waals surface area contributed by atoms with E-state index in [0.29, 0.717) is 10.9 Å². The van der Waals surface area contributed by atoms with E-state index in [2.05, 4.69) is 21.2 Å². The molecule has 0 heterocycles. The predicted octanol–water partition coefficient (Wildman–Crippen LogP) is 2.98. The van der Waals surface area contributed by atoms with Gasteiger partial charge >= 0.3 is 6.18 Å². The van der Waals surface area contributed by atoms with Crippen LogP contribution >= 0.6 is 15.9 Å². The number of anilines is 1. The van der Waals surface area contributed by atoms with Gasteiger partial charge in [0.05, 0.1) is 5.56 Å². The first-order valence-electron chi connectivity index (χ1n) is 4.77. The fraction of sp³-hybridized carbons (Fsp3) is 0.400. The van der Waals surface area contributed by atoms with E-state index < -0.39 is 11.7 Å². The highest BCUT2D eigenvalue weighted by Gasteiger charge is 2.38. The first-order chi connectivity index (χ1) is 7.38. The van der Waals surface area contributed by atoms with Crippen molar-refractivity contribution in [2.45, 2.75) is 24.7 Å². The van der Waals surface area contributed by atoms with Crippen LogP contribution in [0.4, 0.5) is 18.9 Å². The summed E-state index contributed by atoms with van der Waals surface area (Å²) in [7, 11) is 0. The molecule has 1 aliphatic rings. The number of halogens is 4.